The largest absolute Gasteiger partial charge is 0.444 e. The molecular weight excluding hydrogens is 454 g/mol. The summed E-state index contributed by atoms with van der Waals surface area (Å²) in [5, 5.41) is 8.44. The third kappa shape index (κ3) is 5.52. The number of furan rings is 1. The molecule has 2 aromatic carbocycles. The lowest BCUT2D eigenvalue weighted by molar-refractivity contribution is 0.0937. The van der Waals surface area contributed by atoms with Gasteiger partial charge in [-0.15, -0.1) is 0 Å². The number of amides is 2. The first kappa shape index (κ1) is 20.8. The number of carbonyl (C=O) groups is 2. The van der Waals surface area contributed by atoms with E-state index in [4.69, 9.17) is 16.6 Å². The van der Waals surface area contributed by atoms with Crippen LogP contribution >= 0.6 is 28.1 Å². The maximum Gasteiger partial charge on any atom is 0.293 e. The summed E-state index contributed by atoms with van der Waals surface area (Å²) >= 11 is 8.34. The van der Waals surface area contributed by atoms with Crippen molar-refractivity contribution in [3.05, 3.63) is 88.3 Å². The number of hydrogen-bond donors (Lipinski definition) is 3. The predicted octanol–water partition coefficient (Wildman–Crippen LogP) is 4.66. The van der Waals surface area contributed by atoms with Gasteiger partial charge in [0.25, 0.3) is 11.8 Å². The first-order valence-corrected chi connectivity index (χ1v) is 9.96. The van der Waals surface area contributed by atoms with Crippen molar-refractivity contribution in [1.29, 1.82) is 0 Å². The molecule has 3 aromatic rings. The average molecular weight is 472 g/mol. The Labute approximate surface area is 181 Å². The van der Waals surface area contributed by atoms with E-state index in [0.29, 0.717) is 15.9 Å². The topological polar surface area (TPSA) is 83.4 Å². The summed E-state index contributed by atoms with van der Waals surface area (Å²) in [6.45, 7) is 1.91. The monoisotopic (exact) mass is 471 g/mol. The van der Waals surface area contributed by atoms with Gasteiger partial charge in [0.15, 0.2) is 15.5 Å². The summed E-state index contributed by atoms with van der Waals surface area (Å²) in [5.74, 6) is -0.634. The Morgan fingerprint density at radius 1 is 0.966 bits per heavy atom. The second-order valence-corrected chi connectivity index (χ2v) is 7.35. The van der Waals surface area contributed by atoms with Gasteiger partial charge in [-0.25, -0.2) is 0 Å². The van der Waals surface area contributed by atoms with Gasteiger partial charge in [0, 0.05) is 0 Å². The van der Waals surface area contributed by atoms with E-state index in [1.165, 1.54) is 6.07 Å². The van der Waals surface area contributed by atoms with E-state index in [1.54, 1.807) is 30.3 Å². The molecule has 1 atom stereocenters. The molecule has 1 unspecified atom stereocenters. The summed E-state index contributed by atoms with van der Waals surface area (Å²) in [4.78, 5) is 24.9. The van der Waals surface area contributed by atoms with E-state index in [9.17, 15) is 9.59 Å². The average Bonchev–Trinajstić information content (AvgIpc) is 3.15. The summed E-state index contributed by atoms with van der Waals surface area (Å²) in [5.41, 5.74) is 1.89. The molecule has 0 aliphatic rings. The third-order valence-electron chi connectivity index (χ3n) is 4.09. The second kappa shape index (κ2) is 9.49. The van der Waals surface area contributed by atoms with Crippen LogP contribution in [-0.4, -0.2) is 16.9 Å². The van der Waals surface area contributed by atoms with Crippen LogP contribution in [0.4, 0.5) is 5.69 Å². The molecular formula is C21H18BrN3O3S. The van der Waals surface area contributed by atoms with Crippen molar-refractivity contribution < 1.29 is 14.0 Å². The lowest BCUT2D eigenvalue weighted by Gasteiger charge is -2.17. The van der Waals surface area contributed by atoms with E-state index in [0.717, 1.165) is 5.56 Å². The minimum Gasteiger partial charge on any atom is -0.444 e. The third-order valence-corrected chi connectivity index (χ3v) is 4.72. The number of halogens is 1. The van der Waals surface area contributed by atoms with Crippen LogP contribution in [0.3, 0.4) is 0 Å². The van der Waals surface area contributed by atoms with Crippen molar-refractivity contribution in [2.24, 2.45) is 0 Å². The SMILES string of the molecule is CC(NC(=O)c1ccccc1NC(=S)NC(=O)c1ccc(Br)o1)c1ccccc1. The van der Waals surface area contributed by atoms with E-state index in [1.807, 2.05) is 37.3 Å². The quantitative estimate of drug-likeness (QED) is 0.471. The molecule has 0 spiro atoms. The highest BCUT2D eigenvalue weighted by atomic mass is 79.9. The number of benzene rings is 2. The molecule has 1 heterocycles. The molecule has 8 heteroatoms. The number of thiocarbonyl (C=S) groups is 1. The molecule has 0 saturated heterocycles. The van der Waals surface area contributed by atoms with Gasteiger partial charge in [-0.05, 0) is 64.9 Å². The highest BCUT2D eigenvalue weighted by Crippen LogP contribution is 2.18. The molecule has 148 valence electrons. The van der Waals surface area contributed by atoms with E-state index in [-0.39, 0.29) is 22.8 Å². The summed E-state index contributed by atoms with van der Waals surface area (Å²) in [7, 11) is 0. The smallest absolute Gasteiger partial charge is 0.293 e. The molecule has 29 heavy (non-hydrogen) atoms. The van der Waals surface area contributed by atoms with Crippen LogP contribution in [-0.2, 0) is 0 Å². The second-order valence-electron chi connectivity index (χ2n) is 6.16. The van der Waals surface area contributed by atoms with Gasteiger partial charge in [0.1, 0.15) is 0 Å². The van der Waals surface area contributed by atoms with Crippen LogP contribution in [0.15, 0.2) is 75.8 Å². The first-order valence-electron chi connectivity index (χ1n) is 8.76. The number of carbonyl (C=O) groups excluding carboxylic acids is 2. The van der Waals surface area contributed by atoms with Crippen molar-refractivity contribution in [3.8, 4) is 0 Å². The Morgan fingerprint density at radius 2 is 1.66 bits per heavy atom. The Kier molecular flexibility index (Phi) is 6.79. The van der Waals surface area contributed by atoms with Crippen LogP contribution in [0.25, 0.3) is 0 Å². The van der Waals surface area contributed by atoms with Crippen molar-refractivity contribution in [3.63, 3.8) is 0 Å². The minimum atomic E-state index is -0.493. The molecule has 0 radical (unpaired) electrons. The fourth-order valence-corrected chi connectivity index (χ4v) is 3.15. The molecule has 6 nitrogen and oxygen atoms in total. The van der Waals surface area contributed by atoms with Gasteiger partial charge in [-0.1, -0.05) is 42.5 Å². The molecule has 0 aliphatic heterocycles. The highest BCUT2D eigenvalue weighted by Gasteiger charge is 2.17. The minimum absolute atomic E-state index is 0.0545. The zero-order valence-corrected chi connectivity index (χ0v) is 17.8. The lowest BCUT2D eigenvalue weighted by Crippen LogP contribution is -2.35. The van der Waals surface area contributed by atoms with Gasteiger partial charge in [-0.3, -0.25) is 14.9 Å². The summed E-state index contributed by atoms with van der Waals surface area (Å²) in [6, 6.07) is 19.6. The van der Waals surface area contributed by atoms with E-state index < -0.39 is 5.91 Å². The van der Waals surface area contributed by atoms with Gasteiger partial charge >= 0.3 is 0 Å². The fourth-order valence-electron chi connectivity index (χ4n) is 2.64. The van der Waals surface area contributed by atoms with Gasteiger partial charge < -0.3 is 15.1 Å². The van der Waals surface area contributed by atoms with Crippen LogP contribution in [0.1, 0.15) is 39.4 Å². The fraction of sp³-hybridized carbons (Fsp3) is 0.0952. The number of para-hydroxylation sites is 1. The number of nitrogens with one attached hydrogen (secondary N) is 3. The summed E-state index contributed by atoms with van der Waals surface area (Å²) < 4.78 is 5.64. The Balaban J connectivity index is 1.67. The molecule has 3 N–H and O–H groups in total. The van der Waals surface area contributed by atoms with Crippen LogP contribution in [0, 0.1) is 0 Å². The Hall–Kier alpha value is -2.97. The number of hydrogen-bond acceptors (Lipinski definition) is 4. The Bertz CT molecular complexity index is 1040. The Morgan fingerprint density at radius 3 is 2.34 bits per heavy atom. The zero-order chi connectivity index (χ0) is 20.8. The predicted molar refractivity (Wildman–Crippen MR) is 119 cm³/mol. The molecule has 0 saturated carbocycles. The normalized spacial score (nSPS) is 11.4. The standard InChI is InChI=1S/C21H18BrN3O3S/c1-13(14-7-3-2-4-8-14)23-19(26)15-9-5-6-10-16(15)24-21(29)25-20(27)17-11-12-18(22)28-17/h2-13H,1H3,(H,23,26)(H2,24,25,27,29). The van der Waals surface area contributed by atoms with E-state index >= 15 is 0 Å². The number of anilines is 1. The van der Waals surface area contributed by atoms with Crippen LogP contribution < -0.4 is 16.0 Å². The van der Waals surface area contributed by atoms with Gasteiger partial charge in [-0.2, -0.15) is 0 Å². The van der Waals surface area contributed by atoms with Crippen molar-refractivity contribution in [2.45, 2.75) is 13.0 Å². The highest BCUT2D eigenvalue weighted by molar-refractivity contribution is 9.10. The number of rotatable bonds is 5. The van der Waals surface area contributed by atoms with Crippen LogP contribution in [0.5, 0.6) is 0 Å². The van der Waals surface area contributed by atoms with Crippen molar-refractivity contribution in [2.75, 3.05) is 5.32 Å². The van der Waals surface area contributed by atoms with Gasteiger partial charge in [0.05, 0.1) is 17.3 Å². The zero-order valence-electron chi connectivity index (χ0n) is 15.4. The van der Waals surface area contributed by atoms with Crippen LogP contribution in [0.2, 0.25) is 0 Å². The molecule has 1 aromatic heterocycles. The molecule has 0 bridgehead atoms. The van der Waals surface area contributed by atoms with Crippen molar-refractivity contribution in [1.82, 2.24) is 10.6 Å². The maximum atomic E-state index is 12.8. The maximum absolute atomic E-state index is 12.8. The molecule has 0 aliphatic carbocycles. The molecule has 2 amide bonds. The molecule has 0 fully saturated rings. The summed E-state index contributed by atoms with van der Waals surface area (Å²) in [6.07, 6.45) is 0. The first-order chi connectivity index (χ1) is 13.9. The van der Waals surface area contributed by atoms with Crippen molar-refractivity contribution >= 4 is 50.8 Å². The molecule has 3 rings (SSSR count). The lowest BCUT2D eigenvalue weighted by atomic mass is 10.1. The van der Waals surface area contributed by atoms with E-state index in [2.05, 4.69) is 31.9 Å². The van der Waals surface area contributed by atoms with Gasteiger partial charge in [0.2, 0.25) is 0 Å².